The molecule has 1 aliphatic heterocycles. The first-order valence-electron chi connectivity index (χ1n) is 6.62. The van der Waals surface area contributed by atoms with Gasteiger partial charge in [-0.1, -0.05) is 6.07 Å². The number of nitrogens with one attached hydrogen (secondary N) is 1. The number of rotatable bonds is 2. The van der Waals surface area contributed by atoms with Crippen LogP contribution in [0.2, 0.25) is 0 Å². The SMILES string of the molecule is CN1CCCC(c2nc3c(C(N)=O)cccc3[nH]2)C1.[Cl-]. The third kappa shape index (κ3) is 2.64. The molecule has 2 heterocycles. The quantitative estimate of drug-likeness (QED) is 0.706. The molecule has 5 nitrogen and oxygen atoms in total. The normalized spacial score (nSPS) is 19.8. The summed E-state index contributed by atoms with van der Waals surface area (Å²) in [6.45, 7) is 2.15. The summed E-state index contributed by atoms with van der Waals surface area (Å²) in [6, 6.07) is 5.49. The molecular weight excluding hydrogens is 276 g/mol. The lowest BCUT2D eigenvalue weighted by molar-refractivity contribution is -0.0000124. The van der Waals surface area contributed by atoms with Crippen molar-refractivity contribution in [3.63, 3.8) is 0 Å². The molecule has 3 rings (SSSR count). The number of amides is 1. The number of nitrogens with zero attached hydrogens (tertiary/aromatic N) is 2. The van der Waals surface area contributed by atoms with Gasteiger partial charge in [-0.2, -0.15) is 0 Å². The largest absolute Gasteiger partial charge is 1.00 e. The highest BCUT2D eigenvalue weighted by atomic mass is 35.5. The van der Waals surface area contributed by atoms with Crippen LogP contribution >= 0.6 is 0 Å². The molecule has 1 unspecified atom stereocenters. The van der Waals surface area contributed by atoms with E-state index in [0.717, 1.165) is 30.9 Å². The summed E-state index contributed by atoms with van der Waals surface area (Å²) in [4.78, 5) is 21.7. The molecule has 1 aromatic heterocycles. The molecule has 1 fully saturated rings. The number of piperidine rings is 1. The molecule has 3 N–H and O–H groups in total. The number of aromatic nitrogens is 2. The first kappa shape index (κ1) is 14.8. The fourth-order valence-corrected chi connectivity index (χ4v) is 2.83. The Bertz CT molecular complexity index is 625. The topological polar surface area (TPSA) is 75.0 Å². The number of imidazole rings is 1. The predicted molar refractivity (Wildman–Crippen MR) is 74.1 cm³/mol. The van der Waals surface area contributed by atoms with E-state index in [1.807, 2.05) is 12.1 Å². The van der Waals surface area contributed by atoms with Crippen molar-refractivity contribution in [2.24, 2.45) is 5.73 Å². The number of hydrogen-bond donors (Lipinski definition) is 2. The number of carbonyl (C=O) groups excluding carboxylic acids is 1. The van der Waals surface area contributed by atoms with Crippen molar-refractivity contribution < 1.29 is 17.2 Å². The fourth-order valence-electron chi connectivity index (χ4n) is 2.83. The van der Waals surface area contributed by atoms with Crippen LogP contribution in [0.1, 0.15) is 34.9 Å². The summed E-state index contributed by atoms with van der Waals surface area (Å²) < 4.78 is 0. The maximum atomic E-state index is 11.4. The molecule has 0 spiro atoms. The molecule has 1 atom stereocenters. The van der Waals surface area contributed by atoms with Crippen molar-refractivity contribution in [3.05, 3.63) is 29.6 Å². The number of H-pyrrole nitrogens is 1. The standard InChI is InChI=1S/C14H18N4O.ClH/c1-18-7-3-4-9(8-18)14-16-11-6-2-5-10(13(15)19)12(11)17-14;/h2,5-6,9H,3-4,7-8H2,1H3,(H2,15,19)(H,16,17);1H/p-1. The van der Waals surface area contributed by atoms with Gasteiger partial charge in [0.05, 0.1) is 11.1 Å². The lowest BCUT2D eigenvalue weighted by Crippen LogP contribution is -3.00. The maximum absolute atomic E-state index is 11.4. The van der Waals surface area contributed by atoms with Crippen molar-refractivity contribution in [1.29, 1.82) is 0 Å². The van der Waals surface area contributed by atoms with Crippen molar-refractivity contribution in [1.82, 2.24) is 14.9 Å². The van der Waals surface area contributed by atoms with Gasteiger partial charge in [-0.05, 0) is 38.6 Å². The van der Waals surface area contributed by atoms with Gasteiger partial charge in [0.25, 0.3) is 5.91 Å². The highest BCUT2D eigenvalue weighted by molar-refractivity contribution is 6.04. The zero-order valence-corrected chi connectivity index (χ0v) is 12.2. The van der Waals surface area contributed by atoms with Gasteiger partial charge in [0.1, 0.15) is 11.3 Å². The molecule has 6 heteroatoms. The summed E-state index contributed by atoms with van der Waals surface area (Å²) in [5, 5.41) is 0. The summed E-state index contributed by atoms with van der Waals surface area (Å²) >= 11 is 0. The average molecular weight is 294 g/mol. The number of aromatic amines is 1. The number of fused-ring (bicyclic) bond motifs is 1. The molecular formula is C14H18ClN4O-. The lowest BCUT2D eigenvalue weighted by Gasteiger charge is -2.28. The Balaban J connectivity index is 0.00000147. The first-order chi connectivity index (χ1) is 9.15. The van der Waals surface area contributed by atoms with Crippen LogP contribution in [0, 0.1) is 0 Å². The second-order valence-corrected chi connectivity index (χ2v) is 5.29. The second kappa shape index (κ2) is 5.81. The minimum atomic E-state index is -0.426. The number of primary amides is 1. The van der Waals surface area contributed by atoms with E-state index >= 15 is 0 Å². The molecule has 0 saturated carbocycles. The van der Waals surface area contributed by atoms with Crippen LogP contribution in [0.25, 0.3) is 11.0 Å². The number of carbonyl (C=O) groups is 1. The van der Waals surface area contributed by atoms with Crippen LogP contribution in [0.5, 0.6) is 0 Å². The average Bonchev–Trinajstić information content (AvgIpc) is 2.82. The number of halogens is 1. The Hall–Kier alpha value is -1.59. The Kier molecular flexibility index (Phi) is 4.30. The molecule has 1 amide bonds. The summed E-state index contributed by atoms with van der Waals surface area (Å²) in [5.41, 5.74) is 7.46. The molecule has 0 bridgehead atoms. The monoisotopic (exact) mass is 293 g/mol. The zero-order valence-electron chi connectivity index (χ0n) is 11.4. The van der Waals surface area contributed by atoms with Crippen molar-refractivity contribution >= 4 is 16.9 Å². The predicted octanol–water partition coefficient (Wildman–Crippen LogP) is -1.52. The van der Waals surface area contributed by atoms with Crippen LogP contribution < -0.4 is 18.1 Å². The lowest BCUT2D eigenvalue weighted by atomic mass is 9.98. The molecule has 1 aromatic carbocycles. The van der Waals surface area contributed by atoms with Crippen molar-refractivity contribution in [2.75, 3.05) is 20.1 Å². The van der Waals surface area contributed by atoms with E-state index < -0.39 is 5.91 Å². The summed E-state index contributed by atoms with van der Waals surface area (Å²) in [6.07, 6.45) is 2.32. The molecule has 108 valence electrons. The molecule has 1 aliphatic rings. The highest BCUT2D eigenvalue weighted by Gasteiger charge is 2.22. The molecule has 20 heavy (non-hydrogen) atoms. The van der Waals surface area contributed by atoms with Crippen LogP contribution in [-0.2, 0) is 0 Å². The van der Waals surface area contributed by atoms with Crippen molar-refractivity contribution in [3.8, 4) is 0 Å². The van der Waals surface area contributed by atoms with E-state index in [4.69, 9.17) is 5.73 Å². The van der Waals surface area contributed by atoms with Gasteiger partial charge in [-0.15, -0.1) is 0 Å². The molecule has 2 aromatic rings. The Morgan fingerprint density at radius 1 is 1.50 bits per heavy atom. The van der Waals surface area contributed by atoms with E-state index in [1.165, 1.54) is 6.42 Å². The van der Waals surface area contributed by atoms with Gasteiger partial charge in [-0.3, -0.25) is 4.79 Å². The fraction of sp³-hybridized carbons (Fsp3) is 0.429. The number of para-hydroxylation sites is 1. The minimum absolute atomic E-state index is 0. The molecule has 0 aliphatic carbocycles. The number of likely N-dealkylation sites (tertiary alicyclic amines) is 1. The Morgan fingerprint density at radius 3 is 3.00 bits per heavy atom. The van der Waals surface area contributed by atoms with E-state index in [2.05, 4.69) is 21.9 Å². The van der Waals surface area contributed by atoms with Crippen LogP contribution in [0.3, 0.4) is 0 Å². The van der Waals surface area contributed by atoms with Crippen LogP contribution in [0.4, 0.5) is 0 Å². The van der Waals surface area contributed by atoms with Gasteiger partial charge in [-0.25, -0.2) is 4.98 Å². The third-order valence-corrected chi connectivity index (χ3v) is 3.81. The van der Waals surface area contributed by atoms with Crippen molar-refractivity contribution in [2.45, 2.75) is 18.8 Å². The highest BCUT2D eigenvalue weighted by Crippen LogP contribution is 2.26. The van der Waals surface area contributed by atoms with E-state index in [0.29, 0.717) is 17.0 Å². The minimum Gasteiger partial charge on any atom is -1.00 e. The zero-order chi connectivity index (χ0) is 13.4. The van der Waals surface area contributed by atoms with E-state index in [9.17, 15) is 4.79 Å². The molecule has 0 radical (unpaired) electrons. The van der Waals surface area contributed by atoms with Gasteiger partial charge < -0.3 is 28.0 Å². The van der Waals surface area contributed by atoms with Crippen LogP contribution in [-0.4, -0.2) is 40.9 Å². The van der Waals surface area contributed by atoms with E-state index in [-0.39, 0.29) is 12.4 Å². The van der Waals surface area contributed by atoms with Gasteiger partial charge in [0, 0.05) is 12.5 Å². The Morgan fingerprint density at radius 2 is 2.30 bits per heavy atom. The Labute approximate surface area is 124 Å². The van der Waals surface area contributed by atoms with Gasteiger partial charge in [0.15, 0.2) is 0 Å². The third-order valence-electron chi connectivity index (χ3n) is 3.81. The van der Waals surface area contributed by atoms with Gasteiger partial charge in [0.2, 0.25) is 0 Å². The van der Waals surface area contributed by atoms with Crippen LogP contribution in [0.15, 0.2) is 18.2 Å². The number of likely N-dealkylation sites (N-methyl/N-ethyl adjacent to an activating group) is 1. The second-order valence-electron chi connectivity index (χ2n) is 5.29. The molecule has 1 saturated heterocycles. The number of benzene rings is 1. The summed E-state index contributed by atoms with van der Waals surface area (Å²) in [7, 11) is 2.13. The maximum Gasteiger partial charge on any atom is 0.250 e. The number of nitrogens with two attached hydrogens (primary N) is 1. The van der Waals surface area contributed by atoms with E-state index in [1.54, 1.807) is 6.07 Å². The smallest absolute Gasteiger partial charge is 0.250 e. The van der Waals surface area contributed by atoms with Gasteiger partial charge >= 0.3 is 0 Å². The number of hydrogen-bond acceptors (Lipinski definition) is 3. The summed E-state index contributed by atoms with van der Waals surface area (Å²) in [5.74, 6) is 0.950. The first-order valence-corrected chi connectivity index (χ1v) is 6.62.